The number of hydrogen-bond acceptors (Lipinski definition) is 2. The highest BCUT2D eigenvalue weighted by Gasteiger charge is 2.04. The lowest BCUT2D eigenvalue weighted by molar-refractivity contribution is 0.210. The van der Waals surface area contributed by atoms with Crippen molar-refractivity contribution in [1.82, 2.24) is 0 Å². The molecule has 0 amide bonds. The van der Waals surface area contributed by atoms with Crippen molar-refractivity contribution in [2.75, 3.05) is 12.1 Å². The molecular formula is C12H19NO. The zero-order valence-electron chi connectivity index (χ0n) is 9.26. The Hall–Kier alpha value is -1.02. The SMILES string of the molecule is CCONc1cccc(CC)c1CC. The first-order valence-corrected chi connectivity index (χ1v) is 5.32. The minimum atomic E-state index is 0.680. The van der Waals surface area contributed by atoms with Crippen LogP contribution >= 0.6 is 0 Å². The molecule has 0 spiro atoms. The van der Waals surface area contributed by atoms with E-state index in [2.05, 4.69) is 37.5 Å². The Bertz CT molecular complexity index is 284. The lowest BCUT2D eigenvalue weighted by atomic mass is 10.0. The van der Waals surface area contributed by atoms with E-state index in [1.54, 1.807) is 0 Å². The molecule has 0 aliphatic heterocycles. The number of nitrogens with one attached hydrogen (secondary N) is 1. The summed E-state index contributed by atoms with van der Waals surface area (Å²) in [4.78, 5) is 5.21. The van der Waals surface area contributed by atoms with Gasteiger partial charge in [0.15, 0.2) is 0 Å². The van der Waals surface area contributed by atoms with Crippen LogP contribution in [-0.4, -0.2) is 6.61 Å². The van der Waals surface area contributed by atoms with E-state index in [1.165, 1.54) is 11.1 Å². The van der Waals surface area contributed by atoms with E-state index in [1.807, 2.05) is 6.92 Å². The predicted octanol–water partition coefficient (Wildman–Crippen LogP) is 3.17. The van der Waals surface area contributed by atoms with Crippen LogP contribution in [-0.2, 0) is 17.7 Å². The molecule has 0 bridgehead atoms. The third-order valence-corrected chi connectivity index (χ3v) is 2.33. The minimum absolute atomic E-state index is 0.680. The summed E-state index contributed by atoms with van der Waals surface area (Å²) in [6, 6.07) is 6.31. The van der Waals surface area contributed by atoms with Gasteiger partial charge in [0.25, 0.3) is 0 Å². The molecule has 0 aromatic heterocycles. The summed E-state index contributed by atoms with van der Waals surface area (Å²) in [5.41, 5.74) is 6.86. The average Bonchev–Trinajstić information content (AvgIpc) is 2.25. The van der Waals surface area contributed by atoms with Crippen molar-refractivity contribution < 1.29 is 4.84 Å². The van der Waals surface area contributed by atoms with Gasteiger partial charge in [0.05, 0.1) is 12.3 Å². The van der Waals surface area contributed by atoms with Crippen molar-refractivity contribution in [3.63, 3.8) is 0 Å². The van der Waals surface area contributed by atoms with E-state index >= 15 is 0 Å². The Labute approximate surface area is 86.2 Å². The van der Waals surface area contributed by atoms with Crippen molar-refractivity contribution >= 4 is 5.69 Å². The maximum absolute atomic E-state index is 5.21. The van der Waals surface area contributed by atoms with Gasteiger partial charge in [-0.3, -0.25) is 10.3 Å². The van der Waals surface area contributed by atoms with Crippen LogP contribution in [0.3, 0.4) is 0 Å². The molecule has 0 atom stereocenters. The summed E-state index contributed by atoms with van der Waals surface area (Å²) in [6.45, 7) is 7.01. The zero-order chi connectivity index (χ0) is 10.4. The summed E-state index contributed by atoms with van der Waals surface area (Å²) < 4.78 is 0. The second-order valence-electron chi connectivity index (χ2n) is 3.19. The maximum atomic E-state index is 5.21. The molecule has 0 aliphatic rings. The van der Waals surface area contributed by atoms with Gasteiger partial charge < -0.3 is 0 Å². The standard InChI is InChI=1S/C12H19NO/c1-4-10-8-7-9-12(11(10)5-2)13-14-6-3/h7-9,13H,4-6H2,1-3H3. The lowest BCUT2D eigenvalue weighted by Gasteiger charge is -2.13. The van der Waals surface area contributed by atoms with E-state index in [4.69, 9.17) is 4.84 Å². The first-order chi connectivity index (χ1) is 6.83. The number of anilines is 1. The van der Waals surface area contributed by atoms with Crippen LogP contribution in [0.1, 0.15) is 31.9 Å². The van der Waals surface area contributed by atoms with E-state index in [-0.39, 0.29) is 0 Å². The summed E-state index contributed by atoms with van der Waals surface area (Å²) >= 11 is 0. The normalized spacial score (nSPS) is 10.2. The topological polar surface area (TPSA) is 21.3 Å². The first-order valence-electron chi connectivity index (χ1n) is 5.32. The Morgan fingerprint density at radius 2 is 1.93 bits per heavy atom. The molecule has 0 heterocycles. The molecule has 0 fully saturated rings. The number of hydrogen-bond donors (Lipinski definition) is 1. The van der Waals surface area contributed by atoms with Crippen LogP contribution < -0.4 is 5.48 Å². The first kappa shape index (κ1) is 11.1. The van der Waals surface area contributed by atoms with Gasteiger partial charge in [0.1, 0.15) is 0 Å². The summed E-state index contributed by atoms with van der Waals surface area (Å²) in [5, 5.41) is 0. The van der Waals surface area contributed by atoms with Gasteiger partial charge in [0, 0.05) is 0 Å². The Morgan fingerprint density at radius 3 is 2.50 bits per heavy atom. The molecule has 2 nitrogen and oxygen atoms in total. The van der Waals surface area contributed by atoms with Gasteiger partial charge in [-0.2, -0.15) is 0 Å². The molecule has 1 N–H and O–H groups in total. The molecule has 78 valence electrons. The van der Waals surface area contributed by atoms with E-state index in [0.29, 0.717) is 6.61 Å². The summed E-state index contributed by atoms with van der Waals surface area (Å²) in [7, 11) is 0. The molecule has 0 saturated carbocycles. The Morgan fingerprint density at radius 1 is 1.14 bits per heavy atom. The highest BCUT2D eigenvalue weighted by atomic mass is 16.6. The van der Waals surface area contributed by atoms with Crippen molar-refractivity contribution in [1.29, 1.82) is 0 Å². The third kappa shape index (κ3) is 2.48. The third-order valence-electron chi connectivity index (χ3n) is 2.33. The van der Waals surface area contributed by atoms with E-state index in [0.717, 1.165) is 18.5 Å². The molecule has 0 radical (unpaired) electrons. The quantitative estimate of drug-likeness (QED) is 0.725. The van der Waals surface area contributed by atoms with Gasteiger partial charge in [0.2, 0.25) is 0 Å². The van der Waals surface area contributed by atoms with Crippen LogP contribution in [0.5, 0.6) is 0 Å². The van der Waals surface area contributed by atoms with Crippen LogP contribution in [0, 0.1) is 0 Å². The van der Waals surface area contributed by atoms with Crippen molar-refractivity contribution in [3.8, 4) is 0 Å². The van der Waals surface area contributed by atoms with E-state index in [9.17, 15) is 0 Å². The van der Waals surface area contributed by atoms with Gasteiger partial charge in [-0.15, -0.1) is 0 Å². The van der Waals surface area contributed by atoms with Crippen LogP contribution in [0.25, 0.3) is 0 Å². The predicted molar refractivity (Wildman–Crippen MR) is 60.4 cm³/mol. The number of aryl methyl sites for hydroxylation is 1. The second kappa shape index (κ2) is 5.66. The Kier molecular flexibility index (Phi) is 4.47. The minimum Gasteiger partial charge on any atom is -0.276 e. The summed E-state index contributed by atoms with van der Waals surface area (Å²) in [5.74, 6) is 0. The van der Waals surface area contributed by atoms with Crippen LogP contribution in [0.2, 0.25) is 0 Å². The highest BCUT2D eigenvalue weighted by Crippen LogP contribution is 2.21. The molecule has 1 aromatic rings. The number of benzene rings is 1. The van der Waals surface area contributed by atoms with Crippen molar-refractivity contribution in [2.24, 2.45) is 0 Å². The smallest absolute Gasteiger partial charge is 0.0717 e. The largest absolute Gasteiger partial charge is 0.276 e. The number of rotatable bonds is 5. The highest BCUT2D eigenvalue weighted by molar-refractivity contribution is 5.53. The molecule has 0 saturated heterocycles. The van der Waals surface area contributed by atoms with E-state index < -0.39 is 0 Å². The monoisotopic (exact) mass is 193 g/mol. The van der Waals surface area contributed by atoms with Gasteiger partial charge in [-0.05, 0) is 37.0 Å². The maximum Gasteiger partial charge on any atom is 0.0717 e. The van der Waals surface area contributed by atoms with Crippen LogP contribution in [0.4, 0.5) is 5.69 Å². The molecule has 14 heavy (non-hydrogen) atoms. The second-order valence-corrected chi connectivity index (χ2v) is 3.19. The molecule has 1 rings (SSSR count). The molecule has 0 aliphatic carbocycles. The van der Waals surface area contributed by atoms with Crippen molar-refractivity contribution in [3.05, 3.63) is 29.3 Å². The fraction of sp³-hybridized carbons (Fsp3) is 0.500. The zero-order valence-corrected chi connectivity index (χ0v) is 9.26. The molecule has 2 heteroatoms. The molecular weight excluding hydrogens is 174 g/mol. The fourth-order valence-corrected chi connectivity index (χ4v) is 1.63. The molecule has 1 aromatic carbocycles. The van der Waals surface area contributed by atoms with Gasteiger partial charge >= 0.3 is 0 Å². The fourth-order valence-electron chi connectivity index (χ4n) is 1.63. The van der Waals surface area contributed by atoms with Gasteiger partial charge in [-0.1, -0.05) is 26.0 Å². The molecule has 0 unspecified atom stereocenters. The van der Waals surface area contributed by atoms with Crippen molar-refractivity contribution in [2.45, 2.75) is 33.6 Å². The average molecular weight is 193 g/mol. The lowest BCUT2D eigenvalue weighted by Crippen LogP contribution is -2.04. The van der Waals surface area contributed by atoms with Gasteiger partial charge in [-0.25, -0.2) is 0 Å². The summed E-state index contributed by atoms with van der Waals surface area (Å²) in [6.07, 6.45) is 2.12. The Balaban J connectivity index is 2.90. The van der Waals surface area contributed by atoms with Crippen LogP contribution in [0.15, 0.2) is 18.2 Å².